The van der Waals surface area contributed by atoms with Crippen molar-refractivity contribution in [2.75, 3.05) is 36.7 Å². The van der Waals surface area contributed by atoms with E-state index in [2.05, 4.69) is 15.4 Å². The van der Waals surface area contributed by atoms with Gasteiger partial charge in [-0.05, 0) is 18.2 Å². The lowest BCUT2D eigenvalue weighted by atomic mass is 10.2. The van der Waals surface area contributed by atoms with Gasteiger partial charge < -0.3 is 24.8 Å². The molecule has 3 rings (SSSR count). The van der Waals surface area contributed by atoms with E-state index in [4.69, 9.17) is 14.2 Å². The average Bonchev–Trinajstić information content (AvgIpc) is 2.82. The lowest BCUT2D eigenvalue weighted by Gasteiger charge is -2.16. The molecular formula is C18H19N3O7S. The van der Waals surface area contributed by atoms with Crippen LogP contribution < -0.4 is 29.6 Å². The summed E-state index contributed by atoms with van der Waals surface area (Å²) in [5.41, 5.74) is 0.688. The van der Waals surface area contributed by atoms with Gasteiger partial charge in [0.05, 0.1) is 43.3 Å². The number of hydrogen-bond acceptors (Lipinski definition) is 7. The lowest BCUT2D eigenvalue weighted by molar-refractivity contribution is -0.123. The van der Waals surface area contributed by atoms with Crippen LogP contribution in [-0.2, 0) is 19.6 Å². The molecule has 0 unspecified atom stereocenters. The van der Waals surface area contributed by atoms with Crippen LogP contribution in [0.25, 0.3) is 0 Å². The summed E-state index contributed by atoms with van der Waals surface area (Å²) < 4.78 is 43.8. The lowest BCUT2D eigenvalue weighted by Crippen LogP contribution is -2.16. The number of fused-ring (bicyclic) bond motifs is 1. The fraction of sp³-hybridized carbons (Fsp3) is 0.222. The third-order valence-corrected chi connectivity index (χ3v) is 5.47. The Balaban J connectivity index is 1.97. The van der Waals surface area contributed by atoms with Gasteiger partial charge in [0.25, 0.3) is 10.0 Å². The van der Waals surface area contributed by atoms with Gasteiger partial charge in [0.1, 0.15) is 6.42 Å². The second-order valence-electron chi connectivity index (χ2n) is 6.00. The molecule has 29 heavy (non-hydrogen) atoms. The van der Waals surface area contributed by atoms with Crippen LogP contribution in [0.1, 0.15) is 6.42 Å². The smallest absolute Gasteiger partial charge is 0.261 e. The SMILES string of the molecule is COc1cc(NS(=O)(=O)c2ccc3c(c2)NC(=O)CC(=O)N3)cc(OC)c1OC. The van der Waals surface area contributed by atoms with Gasteiger partial charge in [-0.2, -0.15) is 0 Å². The van der Waals surface area contributed by atoms with E-state index in [0.717, 1.165) is 0 Å². The molecule has 0 aromatic heterocycles. The standard InChI is InChI=1S/C18H19N3O7S/c1-26-14-6-10(7-15(27-2)18(14)28-3)21-29(24,25)11-4-5-12-13(8-11)20-17(23)9-16(22)19-12/h4-8,21H,9H2,1-3H3,(H,19,22)(H,20,23). The summed E-state index contributed by atoms with van der Waals surface area (Å²) in [6, 6.07) is 6.88. The maximum atomic E-state index is 12.8. The van der Waals surface area contributed by atoms with Gasteiger partial charge in [-0.1, -0.05) is 0 Å². The van der Waals surface area contributed by atoms with Crippen LogP contribution in [0.5, 0.6) is 17.2 Å². The Morgan fingerprint density at radius 2 is 1.45 bits per heavy atom. The predicted octanol–water partition coefficient (Wildman–Crippen LogP) is 1.79. The van der Waals surface area contributed by atoms with E-state index < -0.39 is 21.8 Å². The highest BCUT2D eigenvalue weighted by molar-refractivity contribution is 7.92. The number of ether oxygens (including phenoxy) is 3. The fourth-order valence-electron chi connectivity index (χ4n) is 2.79. The van der Waals surface area contributed by atoms with Gasteiger partial charge in [0.15, 0.2) is 11.5 Å². The number of anilines is 3. The van der Waals surface area contributed by atoms with E-state index in [9.17, 15) is 18.0 Å². The molecule has 154 valence electrons. The largest absolute Gasteiger partial charge is 0.493 e. The first-order valence-corrected chi connectivity index (χ1v) is 9.82. The number of carbonyl (C=O) groups excluding carboxylic acids is 2. The summed E-state index contributed by atoms with van der Waals surface area (Å²) in [5.74, 6) is -0.134. The molecule has 3 N–H and O–H groups in total. The Bertz CT molecular complexity index is 1060. The zero-order valence-corrected chi connectivity index (χ0v) is 16.7. The maximum absolute atomic E-state index is 12.8. The molecule has 0 saturated carbocycles. The molecule has 11 heteroatoms. The number of amides is 2. The minimum atomic E-state index is -4.03. The Morgan fingerprint density at radius 1 is 0.862 bits per heavy atom. The predicted molar refractivity (Wildman–Crippen MR) is 105 cm³/mol. The molecule has 0 atom stereocenters. The highest BCUT2D eigenvalue weighted by Crippen LogP contribution is 2.40. The van der Waals surface area contributed by atoms with Crippen LogP contribution in [0.2, 0.25) is 0 Å². The van der Waals surface area contributed by atoms with Gasteiger partial charge >= 0.3 is 0 Å². The summed E-state index contributed by atoms with van der Waals surface area (Å²) in [6.45, 7) is 0. The molecule has 1 aliphatic heterocycles. The number of rotatable bonds is 6. The van der Waals surface area contributed by atoms with Crippen LogP contribution in [-0.4, -0.2) is 41.6 Å². The first-order valence-electron chi connectivity index (χ1n) is 8.34. The molecule has 2 aromatic rings. The Labute approximate surface area is 167 Å². The van der Waals surface area contributed by atoms with E-state index >= 15 is 0 Å². The van der Waals surface area contributed by atoms with Crippen LogP contribution in [0.4, 0.5) is 17.1 Å². The molecule has 2 amide bonds. The monoisotopic (exact) mass is 421 g/mol. The molecule has 10 nitrogen and oxygen atoms in total. The number of methoxy groups -OCH3 is 3. The number of sulfonamides is 1. The van der Waals surface area contributed by atoms with Crippen LogP contribution in [0.15, 0.2) is 35.2 Å². The molecule has 0 fully saturated rings. The summed E-state index contributed by atoms with van der Waals surface area (Å²) in [6.07, 6.45) is -0.347. The fourth-order valence-corrected chi connectivity index (χ4v) is 3.86. The molecule has 2 aromatic carbocycles. The maximum Gasteiger partial charge on any atom is 0.261 e. The van der Waals surface area contributed by atoms with Gasteiger partial charge in [-0.3, -0.25) is 14.3 Å². The third-order valence-electron chi connectivity index (χ3n) is 4.09. The van der Waals surface area contributed by atoms with Crippen LogP contribution in [0, 0.1) is 0 Å². The number of benzene rings is 2. The van der Waals surface area contributed by atoms with E-state index in [1.807, 2.05) is 0 Å². The average molecular weight is 421 g/mol. The molecule has 1 heterocycles. The van der Waals surface area contributed by atoms with Crippen LogP contribution >= 0.6 is 0 Å². The van der Waals surface area contributed by atoms with E-state index in [0.29, 0.717) is 11.4 Å². The topological polar surface area (TPSA) is 132 Å². The van der Waals surface area contributed by atoms with Crippen molar-refractivity contribution in [2.24, 2.45) is 0 Å². The van der Waals surface area contributed by atoms with E-state index in [1.165, 1.54) is 51.7 Å². The molecule has 0 saturated heterocycles. The molecule has 0 bridgehead atoms. The third kappa shape index (κ3) is 4.19. The summed E-state index contributed by atoms with van der Waals surface area (Å²) in [5, 5.41) is 5.05. The highest BCUT2D eigenvalue weighted by atomic mass is 32.2. The summed E-state index contributed by atoms with van der Waals surface area (Å²) in [4.78, 5) is 23.2. The molecule has 0 spiro atoms. The van der Waals surface area contributed by atoms with Gasteiger partial charge in [-0.25, -0.2) is 8.42 Å². The summed E-state index contributed by atoms with van der Waals surface area (Å²) >= 11 is 0. The van der Waals surface area contributed by atoms with Crippen molar-refractivity contribution in [1.29, 1.82) is 0 Å². The minimum Gasteiger partial charge on any atom is -0.493 e. The van der Waals surface area contributed by atoms with Gasteiger partial charge in [-0.15, -0.1) is 0 Å². The Kier molecular flexibility index (Phi) is 5.50. The number of hydrogen-bond donors (Lipinski definition) is 3. The van der Waals surface area contributed by atoms with Crippen molar-refractivity contribution < 1.29 is 32.2 Å². The number of nitrogens with one attached hydrogen (secondary N) is 3. The normalized spacial score (nSPS) is 13.5. The molecule has 1 aliphatic rings. The van der Waals surface area contributed by atoms with Gasteiger partial charge in [0, 0.05) is 12.1 Å². The van der Waals surface area contributed by atoms with Crippen molar-refractivity contribution in [3.05, 3.63) is 30.3 Å². The first-order chi connectivity index (χ1) is 13.8. The number of carbonyl (C=O) groups is 2. The molecule has 0 aliphatic carbocycles. The van der Waals surface area contributed by atoms with Crippen molar-refractivity contribution in [1.82, 2.24) is 0 Å². The molecule has 0 radical (unpaired) electrons. The quantitative estimate of drug-likeness (QED) is 0.606. The zero-order valence-electron chi connectivity index (χ0n) is 15.9. The Hall–Kier alpha value is -3.47. The van der Waals surface area contributed by atoms with E-state index in [1.54, 1.807) is 0 Å². The van der Waals surface area contributed by atoms with Crippen molar-refractivity contribution in [2.45, 2.75) is 11.3 Å². The zero-order chi connectivity index (χ0) is 21.2. The molecular weight excluding hydrogens is 402 g/mol. The van der Waals surface area contributed by atoms with Crippen molar-refractivity contribution >= 4 is 38.9 Å². The van der Waals surface area contributed by atoms with E-state index in [-0.39, 0.29) is 34.2 Å². The first kappa shape index (κ1) is 20.3. The van der Waals surface area contributed by atoms with Crippen molar-refractivity contribution in [3.8, 4) is 17.2 Å². The minimum absolute atomic E-state index is 0.110. The highest BCUT2D eigenvalue weighted by Gasteiger charge is 2.23. The second-order valence-corrected chi connectivity index (χ2v) is 7.68. The van der Waals surface area contributed by atoms with Gasteiger partial charge in [0.2, 0.25) is 17.6 Å². The second kappa shape index (κ2) is 7.87. The summed E-state index contributed by atoms with van der Waals surface area (Å²) in [7, 11) is 0.244. The Morgan fingerprint density at radius 3 is 2.00 bits per heavy atom. The van der Waals surface area contributed by atoms with Crippen molar-refractivity contribution in [3.63, 3.8) is 0 Å². The van der Waals surface area contributed by atoms with Crippen LogP contribution in [0.3, 0.4) is 0 Å².